The molecule has 0 radical (unpaired) electrons. The summed E-state index contributed by atoms with van der Waals surface area (Å²) in [6, 6.07) is 12.7. The van der Waals surface area contributed by atoms with Gasteiger partial charge in [0.15, 0.2) is 6.29 Å². The Hall–Kier alpha value is -3.33. The van der Waals surface area contributed by atoms with Crippen molar-refractivity contribution in [2.45, 2.75) is 90.8 Å². The second-order valence-corrected chi connectivity index (χ2v) is 11.3. The van der Waals surface area contributed by atoms with Crippen LogP contribution >= 0.6 is 0 Å². The van der Waals surface area contributed by atoms with E-state index in [1.165, 1.54) is 5.56 Å². The van der Waals surface area contributed by atoms with Crippen molar-refractivity contribution in [1.29, 1.82) is 0 Å². The molecule has 1 saturated heterocycles. The molecule has 1 aromatic carbocycles. The second-order valence-electron chi connectivity index (χ2n) is 11.3. The van der Waals surface area contributed by atoms with Gasteiger partial charge in [-0.25, -0.2) is 0 Å². The largest absolute Gasteiger partial charge is 0.468 e. The number of nitrogens with zero attached hydrogens (tertiary/aromatic N) is 4. The number of aryl methyl sites for hydroxylation is 1. The minimum absolute atomic E-state index is 0.0180. The quantitative estimate of drug-likeness (QED) is 0.456. The Balaban J connectivity index is 1.17. The Kier molecular flexibility index (Phi) is 8.55. The van der Waals surface area contributed by atoms with Gasteiger partial charge in [0.25, 0.3) is 0 Å². The molecule has 3 unspecified atom stereocenters. The van der Waals surface area contributed by atoms with Crippen LogP contribution in [0.4, 0.5) is 0 Å². The normalized spacial score (nSPS) is 22.5. The summed E-state index contributed by atoms with van der Waals surface area (Å²) in [5.41, 5.74) is 5.56. The fraction of sp³-hybridized carbons (Fsp3) is 0.567. The van der Waals surface area contributed by atoms with E-state index >= 15 is 0 Å². The van der Waals surface area contributed by atoms with Crippen LogP contribution < -0.4 is 10.7 Å². The van der Waals surface area contributed by atoms with Crippen LogP contribution in [0, 0.1) is 12.8 Å². The zero-order chi connectivity index (χ0) is 27.4. The molecular weight excluding hydrogens is 492 g/mol. The first-order valence-corrected chi connectivity index (χ1v) is 14.4. The molecule has 0 spiro atoms. The van der Waals surface area contributed by atoms with Crippen molar-refractivity contribution in [3.05, 3.63) is 59.5 Å². The molecule has 1 aliphatic carbocycles. The van der Waals surface area contributed by atoms with Crippen LogP contribution in [-0.2, 0) is 22.7 Å². The first kappa shape index (κ1) is 27.2. The van der Waals surface area contributed by atoms with E-state index < -0.39 is 0 Å². The van der Waals surface area contributed by atoms with Crippen LogP contribution in [0.25, 0.3) is 0 Å². The van der Waals surface area contributed by atoms with Crippen molar-refractivity contribution in [2.24, 2.45) is 11.0 Å². The summed E-state index contributed by atoms with van der Waals surface area (Å²) in [4.78, 5) is 32.9. The van der Waals surface area contributed by atoms with Crippen LogP contribution in [0.15, 0.2) is 52.2 Å². The van der Waals surface area contributed by atoms with E-state index in [1.54, 1.807) is 6.26 Å². The van der Waals surface area contributed by atoms with Gasteiger partial charge in [-0.15, -0.1) is 0 Å². The Bertz CT molecular complexity index is 1150. The number of hydrogen-bond acceptors (Lipinski definition) is 7. The number of carbonyl (C=O) groups excluding carboxylic acids is 2. The third-order valence-corrected chi connectivity index (χ3v) is 8.29. The lowest BCUT2D eigenvalue weighted by molar-refractivity contribution is -0.156. The van der Waals surface area contributed by atoms with Gasteiger partial charge in [-0.3, -0.25) is 24.8 Å². The first-order chi connectivity index (χ1) is 18.9. The zero-order valence-electron chi connectivity index (χ0n) is 23.4. The van der Waals surface area contributed by atoms with E-state index in [4.69, 9.17) is 4.42 Å². The number of amidine groups is 1. The van der Waals surface area contributed by atoms with Gasteiger partial charge in [0.05, 0.1) is 18.7 Å². The highest BCUT2D eigenvalue weighted by Crippen LogP contribution is 2.38. The Morgan fingerprint density at radius 3 is 2.74 bits per heavy atom. The number of nitrogens with one attached hydrogen (secondary N) is 2. The van der Waals surface area contributed by atoms with E-state index in [0.717, 1.165) is 55.9 Å². The molecule has 9 heteroatoms. The molecule has 1 aromatic heterocycles. The van der Waals surface area contributed by atoms with Crippen molar-refractivity contribution in [3.8, 4) is 0 Å². The smallest absolute Gasteiger partial charge is 0.231 e. The average molecular weight is 535 g/mol. The maximum absolute atomic E-state index is 13.6. The minimum Gasteiger partial charge on any atom is -0.468 e. The molecule has 2 aromatic rings. The summed E-state index contributed by atoms with van der Waals surface area (Å²) < 4.78 is 5.49. The standard InChI is InChI=1S/C30H42N6O3/c1-21(2)34(20-24-7-6-18-39-24)17-16-31-28(37)15-14-27-32-33-30-35(19-23-12-10-22(3)11-13-23)29(38)25-8-4-5-9-26(25)36(27)30/h6-7,10-13,18,21,25-26,30,33H,4-5,8-9,14-17,19-20H2,1-3H3,(H,31,37). The molecule has 2 amide bonds. The Labute approximate surface area is 231 Å². The number of fused-ring (bicyclic) bond motifs is 3. The van der Waals surface area contributed by atoms with Crippen LogP contribution in [0.3, 0.4) is 0 Å². The minimum atomic E-state index is -0.294. The summed E-state index contributed by atoms with van der Waals surface area (Å²) in [5, 5.41) is 7.74. The zero-order valence-corrected chi connectivity index (χ0v) is 23.4. The van der Waals surface area contributed by atoms with Crippen LogP contribution in [-0.4, -0.2) is 63.8 Å². The summed E-state index contributed by atoms with van der Waals surface area (Å²) in [6.45, 7) is 8.97. The van der Waals surface area contributed by atoms with Gasteiger partial charge in [-0.1, -0.05) is 42.7 Å². The van der Waals surface area contributed by atoms with Crippen molar-refractivity contribution in [3.63, 3.8) is 0 Å². The number of amides is 2. The molecular formula is C30H42N6O3. The third kappa shape index (κ3) is 6.30. The number of benzene rings is 1. The number of furan rings is 1. The lowest BCUT2D eigenvalue weighted by Gasteiger charge is -2.50. The van der Waals surface area contributed by atoms with Crippen LogP contribution in [0.2, 0.25) is 0 Å². The van der Waals surface area contributed by atoms with Crippen molar-refractivity contribution >= 4 is 17.6 Å². The molecule has 3 aliphatic rings. The molecule has 2 aliphatic heterocycles. The van der Waals surface area contributed by atoms with Crippen LogP contribution in [0.1, 0.15) is 69.3 Å². The number of carbonyl (C=O) groups is 2. The first-order valence-electron chi connectivity index (χ1n) is 14.4. The lowest BCUT2D eigenvalue weighted by Crippen LogP contribution is -2.67. The summed E-state index contributed by atoms with van der Waals surface area (Å²) in [7, 11) is 0. The second kappa shape index (κ2) is 12.2. The summed E-state index contributed by atoms with van der Waals surface area (Å²) in [5.74, 6) is 2.03. The van der Waals surface area contributed by atoms with E-state index in [9.17, 15) is 9.59 Å². The Morgan fingerprint density at radius 1 is 1.21 bits per heavy atom. The van der Waals surface area contributed by atoms with Gasteiger partial charge in [0, 0.05) is 44.6 Å². The average Bonchev–Trinajstić information content (AvgIpc) is 3.60. The van der Waals surface area contributed by atoms with Gasteiger partial charge in [-0.05, 0) is 51.3 Å². The summed E-state index contributed by atoms with van der Waals surface area (Å²) in [6.07, 6.45) is 6.41. The van der Waals surface area contributed by atoms with Gasteiger partial charge in [-0.2, -0.15) is 5.10 Å². The van der Waals surface area contributed by atoms with E-state index in [2.05, 4.69) is 70.7 Å². The SMILES string of the molecule is Cc1ccc(CN2C(=O)C3CCCCC3N3C(CCC(=O)NCCN(Cc4ccco4)C(C)C)=NNC23)cc1. The number of hydrazone groups is 1. The highest BCUT2D eigenvalue weighted by Gasteiger charge is 2.50. The highest BCUT2D eigenvalue weighted by atomic mass is 16.3. The Morgan fingerprint density at radius 2 is 2.00 bits per heavy atom. The lowest BCUT2D eigenvalue weighted by atomic mass is 9.80. The topological polar surface area (TPSA) is 93.4 Å². The molecule has 210 valence electrons. The predicted molar refractivity (Wildman–Crippen MR) is 150 cm³/mol. The van der Waals surface area contributed by atoms with Crippen molar-refractivity contribution in [2.75, 3.05) is 13.1 Å². The number of rotatable bonds is 11. The molecule has 2 N–H and O–H groups in total. The highest BCUT2D eigenvalue weighted by molar-refractivity contribution is 5.91. The molecule has 3 heterocycles. The molecule has 0 bridgehead atoms. The molecule has 3 atom stereocenters. The number of hydrogen-bond donors (Lipinski definition) is 2. The van der Waals surface area contributed by atoms with Crippen molar-refractivity contribution in [1.82, 2.24) is 25.4 Å². The molecule has 9 nitrogen and oxygen atoms in total. The summed E-state index contributed by atoms with van der Waals surface area (Å²) >= 11 is 0. The van der Waals surface area contributed by atoms with Gasteiger partial charge >= 0.3 is 0 Å². The van der Waals surface area contributed by atoms with Gasteiger partial charge in [0.2, 0.25) is 11.8 Å². The van der Waals surface area contributed by atoms with E-state index in [-0.39, 0.29) is 30.1 Å². The van der Waals surface area contributed by atoms with E-state index in [1.807, 2.05) is 17.0 Å². The van der Waals surface area contributed by atoms with Gasteiger partial charge in [0.1, 0.15) is 11.6 Å². The maximum atomic E-state index is 13.6. The molecule has 2 fully saturated rings. The monoisotopic (exact) mass is 534 g/mol. The fourth-order valence-corrected chi connectivity index (χ4v) is 6.07. The van der Waals surface area contributed by atoms with E-state index in [0.29, 0.717) is 32.0 Å². The predicted octanol–water partition coefficient (Wildman–Crippen LogP) is 3.80. The van der Waals surface area contributed by atoms with Crippen LogP contribution in [0.5, 0.6) is 0 Å². The molecule has 39 heavy (non-hydrogen) atoms. The maximum Gasteiger partial charge on any atom is 0.231 e. The van der Waals surface area contributed by atoms with Crippen molar-refractivity contribution < 1.29 is 14.0 Å². The molecule has 1 saturated carbocycles. The third-order valence-electron chi connectivity index (χ3n) is 8.29. The fourth-order valence-electron chi connectivity index (χ4n) is 6.07. The van der Waals surface area contributed by atoms with Gasteiger partial charge < -0.3 is 14.6 Å². The molecule has 5 rings (SSSR count).